The molecule has 0 bridgehead atoms. The summed E-state index contributed by atoms with van der Waals surface area (Å²) in [6.07, 6.45) is -1.43. The summed E-state index contributed by atoms with van der Waals surface area (Å²) in [7, 11) is 0. The fourth-order valence-corrected chi connectivity index (χ4v) is 3.16. The van der Waals surface area contributed by atoms with Crippen molar-refractivity contribution < 1.29 is 54.0 Å². The molecule has 204 valence electrons. The van der Waals surface area contributed by atoms with E-state index >= 15 is 0 Å². The topological polar surface area (TPSA) is 232 Å². The molecule has 1 rings (SSSR count). The zero-order chi connectivity index (χ0) is 27.8. The Morgan fingerprint density at radius 3 is 2.16 bits per heavy atom. The van der Waals surface area contributed by atoms with E-state index in [9.17, 15) is 39.0 Å². The number of hydrogen-bond donors (Lipinski definition) is 7. The number of unbranched alkanes of at least 4 members (excludes halogenated alkanes) is 1. The van der Waals surface area contributed by atoms with E-state index in [0.29, 0.717) is 4.90 Å². The Kier molecular flexibility index (Phi) is 13.5. The number of nitrogens with zero attached hydrogens (tertiary/aromatic N) is 1. The number of ether oxygens (including phenoxy) is 1. The average Bonchev–Trinajstić information content (AvgIpc) is 2.85. The molecule has 2 atom stereocenters. The number of carbonyl (C=O) groups is 6. The van der Waals surface area contributed by atoms with Crippen molar-refractivity contribution in [2.45, 2.75) is 50.8 Å². The average molecular weight is 526 g/mol. The molecule has 0 aliphatic carbocycles. The van der Waals surface area contributed by atoms with Crippen LogP contribution in [0.3, 0.4) is 0 Å². The monoisotopic (exact) mass is 526 g/mol. The highest BCUT2D eigenvalue weighted by Gasteiger charge is 2.33. The molecule has 15 nitrogen and oxygen atoms in total. The van der Waals surface area contributed by atoms with Gasteiger partial charge in [0.25, 0.3) is 5.91 Å². The fraction of sp³-hybridized carbons (Fsp3) is 0.455. The molecule has 0 heterocycles. The zero-order valence-electron chi connectivity index (χ0n) is 19.8. The van der Waals surface area contributed by atoms with Crippen LogP contribution in [0.1, 0.15) is 37.7 Å². The van der Waals surface area contributed by atoms with Crippen molar-refractivity contribution >= 4 is 35.9 Å². The predicted molar refractivity (Wildman–Crippen MR) is 123 cm³/mol. The van der Waals surface area contributed by atoms with Gasteiger partial charge in [-0.15, -0.1) is 0 Å². The molecule has 1 aromatic carbocycles. The van der Waals surface area contributed by atoms with Gasteiger partial charge in [-0.3, -0.25) is 19.6 Å². The highest BCUT2D eigenvalue weighted by molar-refractivity contribution is 5.90. The molecule has 4 amide bonds. The molecule has 7 N–H and O–H groups in total. The minimum atomic E-state index is -1.66. The lowest BCUT2D eigenvalue weighted by Gasteiger charge is -2.30. The summed E-state index contributed by atoms with van der Waals surface area (Å²) < 4.78 is 5.06. The van der Waals surface area contributed by atoms with Gasteiger partial charge >= 0.3 is 30.0 Å². The largest absolute Gasteiger partial charge is 0.481 e. The molecule has 15 heteroatoms. The lowest BCUT2D eigenvalue weighted by atomic mass is 10.1. The van der Waals surface area contributed by atoms with Crippen molar-refractivity contribution in [2.24, 2.45) is 0 Å². The number of carboxylic acid groups (broad SMARTS) is 3. The van der Waals surface area contributed by atoms with Gasteiger partial charge < -0.3 is 35.6 Å². The second-order valence-electron chi connectivity index (χ2n) is 7.77. The van der Waals surface area contributed by atoms with Gasteiger partial charge in [0.15, 0.2) is 0 Å². The van der Waals surface area contributed by atoms with Gasteiger partial charge in [0.2, 0.25) is 0 Å². The maximum atomic E-state index is 12.7. The summed E-state index contributed by atoms with van der Waals surface area (Å²) in [5, 5.41) is 40.8. The smallest absolute Gasteiger partial charge is 0.407 e. The van der Waals surface area contributed by atoms with E-state index < -0.39 is 67.4 Å². The first kappa shape index (κ1) is 30.6. The van der Waals surface area contributed by atoms with Crippen LogP contribution in [0.25, 0.3) is 0 Å². The third-order valence-electron chi connectivity index (χ3n) is 4.98. The molecule has 0 aliphatic rings. The van der Waals surface area contributed by atoms with Crippen LogP contribution in [0.5, 0.6) is 0 Å². The maximum Gasteiger partial charge on any atom is 0.407 e. The fourth-order valence-electron chi connectivity index (χ4n) is 3.16. The lowest BCUT2D eigenvalue weighted by molar-refractivity contribution is -0.141. The Hall–Kier alpha value is -4.40. The van der Waals surface area contributed by atoms with Gasteiger partial charge in [-0.05, 0) is 31.2 Å². The lowest BCUT2D eigenvalue weighted by Crippen LogP contribution is -2.56. The van der Waals surface area contributed by atoms with Crippen molar-refractivity contribution in [2.75, 3.05) is 13.1 Å². The third-order valence-corrected chi connectivity index (χ3v) is 4.98. The summed E-state index contributed by atoms with van der Waals surface area (Å²) in [5.74, 6) is -5.51. The quantitative estimate of drug-likeness (QED) is 0.0883. The third kappa shape index (κ3) is 12.2. The predicted octanol–water partition coefficient (Wildman–Crippen LogP) is 0.371. The Labute approximate surface area is 211 Å². The van der Waals surface area contributed by atoms with Crippen molar-refractivity contribution in [1.82, 2.24) is 21.0 Å². The Balaban J connectivity index is 2.70. The number of aliphatic carboxylic acids is 3. The number of hydrogen-bond acceptors (Lipinski definition) is 8. The summed E-state index contributed by atoms with van der Waals surface area (Å²) >= 11 is 0. The van der Waals surface area contributed by atoms with E-state index in [4.69, 9.17) is 15.1 Å². The van der Waals surface area contributed by atoms with Gasteiger partial charge in [-0.2, -0.15) is 0 Å². The highest BCUT2D eigenvalue weighted by Crippen LogP contribution is 2.12. The first-order chi connectivity index (χ1) is 17.5. The van der Waals surface area contributed by atoms with E-state index in [0.717, 1.165) is 5.56 Å². The number of amides is 4. The van der Waals surface area contributed by atoms with E-state index in [1.54, 1.807) is 24.3 Å². The van der Waals surface area contributed by atoms with Crippen LogP contribution in [0, 0.1) is 0 Å². The molecule has 0 fully saturated rings. The Morgan fingerprint density at radius 2 is 1.59 bits per heavy atom. The van der Waals surface area contributed by atoms with Gasteiger partial charge in [0.1, 0.15) is 25.2 Å². The second-order valence-corrected chi connectivity index (χ2v) is 7.77. The Morgan fingerprint density at radius 1 is 0.919 bits per heavy atom. The van der Waals surface area contributed by atoms with E-state index in [1.165, 1.54) is 5.48 Å². The number of alkyl carbamates (subject to hydrolysis) is 1. The van der Waals surface area contributed by atoms with Gasteiger partial charge in [-0.25, -0.2) is 19.9 Å². The molecule has 2 unspecified atom stereocenters. The van der Waals surface area contributed by atoms with Gasteiger partial charge in [0, 0.05) is 13.0 Å². The summed E-state index contributed by atoms with van der Waals surface area (Å²) in [6.45, 7) is -0.823. The molecule has 0 radical (unpaired) electrons. The van der Waals surface area contributed by atoms with Crippen LogP contribution in [0.15, 0.2) is 30.3 Å². The summed E-state index contributed by atoms with van der Waals surface area (Å²) in [4.78, 5) is 70.6. The van der Waals surface area contributed by atoms with Crippen LogP contribution in [0.4, 0.5) is 9.59 Å². The number of benzene rings is 1. The van der Waals surface area contributed by atoms with Crippen LogP contribution in [-0.4, -0.2) is 86.5 Å². The van der Waals surface area contributed by atoms with E-state index in [2.05, 4.69) is 5.32 Å². The summed E-state index contributed by atoms with van der Waals surface area (Å²) in [6, 6.07) is 4.54. The number of nitrogens with one attached hydrogen (secondary N) is 3. The molecule has 0 saturated heterocycles. The van der Waals surface area contributed by atoms with Gasteiger partial charge in [0.05, 0.1) is 0 Å². The SMILES string of the molecule is O=C(O)CCC(NC(=O)N(CC(=O)O)C(CCCCNC(=O)OCc1ccccc1)C(=O)NO)C(=O)O. The standard InChI is InChI=1S/C22H30N4O11/c27-17(28)10-9-15(20(32)33)24-21(34)26(12-18(29)30)16(19(31)25-36)8-4-5-11-23-22(35)37-13-14-6-2-1-3-7-14/h1-3,6-7,15-16,36H,4-5,8-13H2,(H,23,35)(H,24,34)(H,25,31)(H,27,28)(H,29,30)(H,32,33). The first-order valence-corrected chi connectivity index (χ1v) is 11.2. The highest BCUT2D eigenvalue weighted by atomic mass is 16.5. The zero-order valence-corrected chi connectivity index (χ0v) is 19.8. The number of carbonyl (C=O) groups excluding carboxylic acids is 3. The number of rotatable bonds is 16. The van der Waals surface area contributed by atoms with Crippen molar-refractivity contribution in [3.8, 4) is 0 Å². The van der Waals surface area contributed by atoms with Crippen LogP contribution < -0.4 is 16.1 Å². The number of hydroxylamine groups is 1. The first-order valence-electron chi connectivity index (χ1n) is 11.2. The van der Waals surface area contributed by atoms with Crippen LogP contribution in [0.2, 0.25) is 0 Å². The number of carboxylic acids is 3. The second kappa shape index (κ2) is 16.3. The molecule has 0 spiro atoms. The normalized spacial score (nSPS) is 11.9. The molecule has 1 aromatic rings. The minimum Gasteiger partial charge on any atom is -0.481 e. The minimum absolute atomic E-state index is 0.0640. The van der Waals surface area contributed by atoms with Crippen LogP contribution in [-0.2, 0) is 30.5 Å². The molecule has 0 aromatic heterocycles. The number of urea groups is 1. The van der Waals surface area contributed by atoms with E-state index in [-0.39, 0.29) is 32.4 Å². The summed E-state index contributed by atoms with van der Waals surface area (Å²) in [5.41, 5.74) is 2.14. The van der Waals surface area contributed by atoms with Crippen molar-refractivity contribution in [1.29, 1.82) is 0 Å². The Bertz CT molecular complexity index is 942. The van der Waals surface area contributed by atoms with Gasteiger partial charge in [-0.1, -0.05) is 30.3 Å². The molecule has 37 heavy (non-hydrogen) atoms. The van der Waals surface area contributed by atoms with E-state index in [1.807, 2.05) is 11.4 Å². The molecular weight excluding hydrogens is 496 g/mol. The van der Waals surface area contributed by atoms with Crippen LogP contribution >= 0.6 is 0 Å². The van der Waals surface area contributed by atoms with Crippen molar-refractivity contribution in [3.05, 3.63) is 35.9 Å². The van der Waals surface area contributed by atoms with Crippen molar-refractivity contribution in [3.63, 3.8) is 0 Å². The maximum absolute atomic E-state index is 12.7. The molecule has 0 aliphatic heterocycles. The molecule has 0 saturated carbocycles. The molecular formula is C22H30N4O11.